The molecule has 0 aliphatic carbocycles. The number of nitrogens with zero attached hydrogens (tertiary/aromatic N) is 1. The van der Waals surface area contributed by atoms with Crippen LogP contribution >= 0.6 is 0 Å². The predicted molar refractivity (Wildman–Crippen MR) is 94.0 cm³/mol. The molecule has 2 heteroatoms. The predicted octanol–water partition coefficient (Wildman–Crippen LogP) is 5.38. The zero-order valence-corrected chi connectivity index (χ0v) is 13.7. The van der Waals surface area contributed by atoms with Gasteiger partial charge in [0.15, 0.2) is 0 Å². The number of ether oxygens (including phenoxy) is 1. The Morgan fingerprint density at radius 3 is 2.18 bits per heavy atom. The standard InChI is InChI=1S/C20H25NO/c1-16(2)14-21-15-17(3)13-18-9-11-20(12-10-18)22-19-7-5-4-6-8-19/h4-12,14,16-17H,13,15H2,1-3H3. The summed E-state index contributed by atoms with van der Waals surface area (Å²) in [5.41, 5.74) is 1.33. The smallest absolute Gasteiger partial charge is 0.127 e. The van der Waals surface area contributed by atoms with Crippen molar-refractivity contribution in [2.75, 3.05) is 6.54 Å². The minimum Gasteiger partial charge on any atom is -0.457 e. The van der Waals surface area contributed by atoms with E-state index in [1.807, 2.05) is 48.7 Å². The van der Waals surface area contributed by atoms with E-state index in [9.17, 15) is 0 Å². The Hall–Kier alpha value is -2.09. The number of hydrogen-bond acceptors (Lipinski definition) is 2. The third-order valence-corrected chi connectivity index (χ3v) is 3.31. The lowest BCUT2D eigenvalue weighted by atomic mass is 10.0. The van der Waals surface area contributed by atoms with E-state index in [0.29, 0.717) is 11.8 Å². The van der Waals surface area contributed by atoms with Crippen LogP contribution < -0.4 is 4.74 Å². The van der Waals surface area contributed by atoms with Crippen molar-refractivity contribution in [3.05, 3.63) is 60.2 Å². The molecule has 22 heavy (non-hydrogen) atoms. The first-order valence-corrected chi connectivity index (χ1v) is 7.95. The summed E-state index contributed by atoms with van der Waals surface area (Å²) >= 11 is 0. The summed E-state index contributed by atoms with van der Waals surface area (Å²) in [6, 6.07) is 18.2. The van der Waals surface area contributed by atoms with E-state index in [2.05, 4.69) is 37.9 Å². The number of aliphatic imine (C=N–C) groups is 1. The summed E-state index contributed by atoms with van der Waals surface area (Å²) in [4.78, 5) is 4.49. The fraction of sp³-hybridized carbons (Fsp3) is 0.350. The first kappa shape index (κ1) is 16.3. The van der Waals surface area contributed by atoms with Crippen molar-refractivity contribution in [1.82, 2.24) is 0 Å². The van der Waals surface area contributed by atoms with E-state index >= 15 is 0 Å². The molecule has 0 saturated heterocycles. The normalized spacial score (nSPS) is 12.7. The highest BCUT2D eigenvalue weighted by atomic mass is 16.5. The Morgan fingerprint density at radius 1 is 0.909 bits per heavy atom. The average Bonchev–Trinajstić information content (AvgIpc) is 2.50. The maximum absolute atomic E-state index is 5.81. The first-order valence-electron chi connectivity index (χ1n) is 7.95. The number of rotatable bonds is 7. The van der Waals surface area contributed by atoms with Crippen molar-refractivity contribution in [3.8, 4) is 11.5 Å². The molecule has 0 aliphatic rings. The van der Waals surface area contributed by atoms with Gasteiger partial charge in [-0.2, -0.15) is 0 Å². The second-order valence-electron chi connectivity index (χ2n) is 6.13. The minimum absolute atomic E-state index is 0.529. The molecule has 0 radical (unpaired) electrons. The lowest BCUT2D eigenvalue weighted by molar-refractivity contribution is 0.482. The van der Waals surface area contributed by atoms with Crippen molar-refractivity contribution >= 4 is 6.21 Å². The lowest BCUT2D eigenvalue weighted by Gasteiger charge is -2.10. The van der Waals surface area contributed by atoms with E-state index < -0.39 is 0 Å². The summed E-state index contributed by atoms with van der Waals surface area (Å²) in [6.45, 7) is 7.44. The molecule has 0 amide bonds. The molecule has 0 saturated carbocycles. The Kier molecular flexibility index (Phi) is 6.20. The quantitative estimate of drug-likeness (QED) is 0.628. The molecule has 0 heterocycles. The molecule has 0 N–H and O–H groups in total. The van der Waals surface area contributed by atoms with Gasteiger partial charge in [-0.25, -0.2) is 0 Å². The van der Waals surface area contributed by atoms with E-state index in [1.54, 1.807) is 0 Å². The molecule has 0 aromatic heterocycles. The van der Waals surface area contributed by atoms with Gasteiger partial charge in [-0.1, -0.05) is 51.1 Å². The van der Waals surface area contributed by atoms with Gasteiger partial charge in [0.05, 0.1) is 0 Å². The summed E-state index contributed by atoms with van der Waals surface area (Å²) in [5, 5.41) is 0. The van der Waals surface area contributed by atoms with Crippen LogP contribution in [0.4, 0.5) is 0 Å². The van der Waals surface area contributed by atoms with Crippen molar-refractivity contribution < 1.29 is 4.74 Å². The summed E-state index contributed by atoms with van der Waals surface area (Å²) in [6.07, 6.45) is 3.08. The average molecular weight is 295 g/mol. The third-order valence-electron chi connectivity index (χ3n) is 3.31. The first-order chi connectivity index (χ1) is 10.6. The molecule has 2 rings (SSSR count). The van der Waals surface area contributed by atoms with Gasteiger partial charge in [-0.3, -0.25) is 4.99 Å². The topological polar surface area (TPSA) is 21.6 Å². The summed E-state index contributed by atoms with van der Waals surface area (Å²) in [7, 11) is 0. The largest absolute Gasteiger partial charge is 0.457 e. The Morgan fingerprint density at radius 2 is 1.55 bits per heavy atom. The van der Waals surface area contributed by atoms with E-state index in [-0.39, 0.29) is 0 Å². The third kappa shape index (κ3) is 5.72. The molecule has 2 aromatic rings. The van der Waals surface area contributed by atoms with Crippen LogP contribution in [-0.2, 0) is 6.42 Å². The van der Waals surface area contributed by atoms with Gasteiger partial charge in [-0.15, -0.1) is 0 Å². The van der Waals surface area contributed by atoms with Crippen molar-refractivity contribution in [2.45, 2.75) is 27.2 Å². The van der Waals surface area contributed by atoms with Crippen LogP contribution in [0, 0.1) is 11.8 Å². The second kappa shape index (κ2) is 8.38. The van der Waals surface area contributed by atoms with E-state index in [4.69, 9.17) is 4.74 Å². The monoisotopic (exact) mass is 295 g/mol. The van der Waals surface area contributed by atoms with Crippen LogP contribution in [0.5, 0.6) is 11.5 Å². The number of benzene rings is 2. The highest BCUT2D eigenvalue weighted by Gasteiger charge is 2.04. The van der Waals surface area contributed by atoms with Crippen LogP contribution in [0.15, 0.2) is 59.6 Å². The second-order valence-corrected chi connectivity index (χ2v) is 6.13. The highest BCUT2D eigenvalue weighted by molar-refractivity contribution is 5.59. The Balaban J connectivity index is 1.86. The Labute approximate surface area is 133 Å². The molecule has 1 unspecified atom stereocenters. The van der Waals surface area contributed by atoms with Crippen molar-refractivity contribution in [2.24, 2.45) is 16.8 Å². The molecule has 1 atom stereocenters. The van der Waals surface area contributed by atoms with Gasteiger partial charge < -0.3 is 4.74 Å². The van der Waals surface area contributed by atoms with Gasteiger partial charge in [-0.05, 0) is 48.1 Å². The fourth-order valence-electron chi connectivity index (χ4n) is 2.24. The molecule has 2 aromatic carbocycles. The maximum Gasteiger partial charge on any atom is 0.127 e. The van der Waals surface area contributed by atoms with Gasteiger partial charge >= 0.3 is 0 Å². The highest BCUT2D eigenvalue weighted by Crippen LogP contribution is 2.22. The minimum atomic E-state index is 0.529. The Bertz CT molecular complexity index is 572. The summed E-state index contributed by atoms with van der Waals surface area (Å²) < 4.78 is 5.81. The van der Waals surface area contributed by atoms with Crippen LogP contribution in [0.2, 0.25) is 0 Å². The summed E-state index contributed by atoms with van der Waals surface area (Å²) in [5.74, 6) is 2.82. The molecular weight excluding hydrogens is 270 g/mol. The van der Waals surface area contributed by atoms with Gasteiger partial charge in [0, 0.05) is 12.8 Å². The fourth-order valence-corrected chi connectivity index (χ4v) is 2.24. The van der Waals surface area contributed by atoms with Gasteiger partial charge in [0.1, 0.15) is 11.5 Å². The molecule has 0 bridgehead atoms. The van der Waals surface area contributed by atoms with E-state index in [0.717, 1.165) is 24.5 Å². The van der Waals surface area contributed by atoms with Crippen LogP contribution in [-0.4, -0.2) is 12.8 Å². The molecule has 0 fully saturated rings. The zero-order chi connectivity index (χ0) is 15.8. The lowest BCUT2D eigenvalue weighted by Crippen LogP contribution is -2.04. The number of para-hydroxylation sites is 1. The van der Waals surface area contributed by atoms with Crippen LogP contribution in [0.1, 0.15) is 26.3 Å². The number of hydrogen-bond donors (Lipinski definition) is 0. The molecular formula is C20H25NO. The maximum atomic E-state index is 5.81. The van der Waals surface area contributed by atoms with Gasteiger partial charge in [0.2, 0.25) is 0 Å². The molecule has 0 spiro atoms. The SMILES string of the molecule is CC(C)C=NCC(C)Cc1ccc(Oc2ccccc2)cc1. The van der Waals surface area contributed by atoms with E-state index in [1.165, 1.54) is 5.56 Å². The zero-order valence-electron chi connectivity index (χ0n) is 13.7. The van der Waals surface area contributed by atoms with Crippen LogP contribution in [0.25, 0.3) is 0 Å². The van der Waals surface area contributed by atoms with Gasteiger partial charge in [0.25, 0.3) is 0 Å². The van der Waals surface area contributed by atoms with Crippen molar-refractivity contribution in [1.29, 1.82) is 0 Å². The van der Waals surface area contributed by atoms with Crippen LogP contribution in [0.3, 0.4) is 0 Å². The molecule has 2 nitrogen and oxygen atoms in total. The molecule has 116 valence electrons. The molecule has 0 aliphatic heterocycles. The van der Waals surface area contributed by atoms with Crippen molar-refractivity contribution in [3.63, 3.8) is 0 Å².